The molecule has 3 fully saturated rings. The first kappa shape index (κ1) is 17.6. The lowest BCUT2D eigenvalue weighted by molar-refractivity contribution is -0.137. The number of alkyl halides is 3. The predicted octanol–water partition coefficient (Wildman–Crippen LogP) is 2.61. The van der Waals surface area contributed by atoms with Crippen LogP contribution in [0.15, 0.2) is 18.3 Å². The van der Waals surface area contributed by atoms with E-state index in [0.29, 0.717) is 43.8 Å². The van der Waals surface area contributed by atoms with Crippen LogP contribution in [0.2, 0.25) is 0 Å². The Morgan fingerprint density at radius 3 is 2.62 bits per heavy atom. The zero-order valence-electron chi connectivity index (χ0n) is 14.3. The number of fused-ring (bicyclic) bond motifs is 1. The van der Waals surface area contributed by atoms with E-state index in [1.807, 2.05) is 4.90 Å². The van der Waals surface area contributed by atoms with E-state index in [0.717, 1.165) is 31.7 Å². The average Bonchev–Trinajstić information content (AvgIpc) is 3.00. The lowest BCUT2D eigenvalue weighted by atomic mass is 9.76. The number of hydrogen-bond donors (Lipinski definition) is 1. The minimum absolute atomic E-state index is 0.0398. The largest absolute Gasteiger partial charge is 0.417 e. The normalized spacial score (nSPS) is 29.2. The summed E-state index contributed by atoms with van der Waals surface area (Å²) in [6, 6.07) is 2.69. The van der Waals surface area contributed by atoms with Gasteiger partial charge in [0.05, 0.1) is 11.7 Å². The highest BCUT2D eigenvalue weighted by Crippen LogP contribution is 2.39. The van der Waals surface area contributed by atoms with Crippen LogP contribution >= 0.6 is 0 Å². The molecule has 5 nitrogen and oxygen atoms in total. The molecule has 8 heteroatoms. The van der Waals surface area contributed by atoms with Gasteiger partial charge in [0.25, 0.3) is 0 Å². The van der Waals surface area contributed by atoms with Crippen LogP contribution in [-0.4, -0.2) is 42.7 Å². The number of piperidine rings is 1. The molecule has 1 amide bonds. The first-order valence-electron chi connectivity index (χ1n) is 9.12. The van der Waals surface area contributed by atoms with Gasteiger partial charge in [-0.25, -0.2) is 4.98 Å². The third-order valence-electron chi connectivity index (χ3n) is 5.86. The Hall–Kier alpha value is -1.83. The molecule has 0 aromatic carbocycles. The van der Waals surface area contributed by atoms with Gasteiger partial charge in [-0.2, -0.15) is 13.2 Å². The van der Waals surface area contributed by atoms with Crippen LogP contribution in [0.25, 0.3) is 0 Å². The van der Waals surface area contributed by atoms with E-state index >= 15 is 0 Å². The van der Waals surface area contributed by atoms with Crippen molar-refractivity contribution >= 4 is 11.7 Å². The van der Waals surface area contributed by atoms with Gasteiger partial charge in [0.15, 0.2) is 0 Å². The van der Waals surface area contributed by atoms with Gasteiger partial charge in [0.1, 0.15) is 5.82 Å². The summed E-state index contributed by atoms with van der Waals surface area (Å²) in [5, 5.41) is 3.16. The quantitative estimate of drug-likeness (QED) is 0.890. The molecule has 1 aliphatic carbocycles. The molecule has 1 aromatic heterocycles. The number of halogens is 3. The van der Waals surface area contributed by atoms with E-state index in [1.54, 1.807) is 0 Å². The molecule has 1 aromatic rings. The van der Waals surface area contributed by atoms with Crippen LogP contribution in [0.5, 0.6) is 0 Å². The van der Waals surface area contributed by atoms with Crippen molar-refractivity contribution < 1.29 is 22.7 Å². The van der Waals surface area contributed by atoms with Crippen molar-refractivity contribution in [2.24, 2.45) is 11.8 Å². The SMILES string of the molecule is O=C(N[C@@H]1C[C@H]2OCC[C@@H]12)C1CCN(c2ccc(C(F)(F)F)cn2)CC1. The highest BCUT2D eigenvalue weighted by molar-refractivity contribution is 5.79. The van der Waals surface area contributed by atoms with E-state index in [4.69, 9.17) is 4.74 Å². The Morgan fingerprint density at radius 1 is 1.23 bits per heavy atom. The van der Waals surface area contributed by atoms with E-state index < -0.39 is 11.7 Å². The minimum Gasteiger partial charge on any atom is -0.378 e. The van der Waals surface area contributed by atoms with Crippen LogP contribution in [0.4, 0.5) is 19.0 Å². The fourth-order valence-electron chi connectivity index (χ4n) is 4.18. The maximum absolute atomic E-state index is 12.6. The van der Waals surface area contributed by atoms with E-state index in [-0.39, 0.29) is 17.9 Å². The molecule has 0 radical (unpaired) electrons. The molecule has 142 valence electrons. The number of amides is 1. The van der Waals surface area contributed by atoms with Crippen molar-refractivity contribution in [3.05, 3.63) is 23.9 Å². The number of ether oxygens (including phenoxy) is 1. The fourth-order valence-corrected chi connectivity index (χ4v) is 4.18. The van der Waals surface area contributed by atoms with Crippen LogP contribution in [0.3, 0.4) is 0 Å². The van der Waals surface area contributed by atoms with Crippen molar-refractivity contribution in [3.8, 4) is 0 Å². The zero-order chi connectivity index (χ0) is 18.3. The lowest BCUT2D eigenvalue weighted by Gasteiger charge is -2.40. The third-order valence-corrected chi connectivity index (χ3v) is 5.86. The number of rotatable bonds is 3. The summed E-state index contributed by atoms with van der Waals surface area (Å²) in [5.74, 6) is 1.06. The van der Waals surface area contributed by atoms with E-state index in [1.165, 1.54) is 6.07 Å². The molecule has 3 atom stereocenters. The van der Waals surface area contributed by atoms with Gasteiger partial charge in [-0.05, 0) is 37.8 Å². The van der Waals surface area contributed by atoms with Gasteiger partial charge in [-0.3, -0.25) is 4.79 Å². The molecule has 0 bridgehead atoms. The second kappa shape index (κ2) is 6.72. The summed E-state index contributed by atoms with van der Waals surface area (Å²) < 4.78 is 43.4. The van der Waals surface area contributed by atoms with Crippen molar-refractivity contribution in [1.29, 1.82) is 0 Å². The van der Waals surface area contributed by atoms with Crippen molar-refractivity contribution in [1.82, 2.24) is 10.3 Å². The topological polar surface area (TPSA) is 54.5 Å². The summed E-state index contributed by atoms with van der Waals surface area (Å²) in [6.45, 7) is 2.03. The second-order valence-electron chi connectivity index (χ2n) is 7.38. The van der Waals surface area contributed by atoms with Gasteiger partial charge >= 0.3 is 6.18 Å². The number of aromatic nitrogens is 1. The average molecular weight is 369 g/mol. The van der Waals surface area contributed by atoms with Crippen molar-refractivity contribution in [2.75, 3.05) is 24.6 Å². The minimum atomic E-state index is -4.37. The van der Waals surface area contributed by atoms with Crippen LogP contribution in [0.1, 0.15) is 31.2 Å². The molecule has 0 unspecified atom stereocenters. The molecule has 0 spiro atoms. The molecule has 4 rings (SSSR count). The number of nitrogens with zero attached hydrogens (tertiary/aromatic N) is 2. The summed E-state index contributed by atoms with van der Waals surface area (Å²) in [5.41, 5.74) is -0.745. The zero-order valence-corrected chi connectivity index (χ0v) is 14.3. The first-order valence-corrected chi connectivity index (χ1v) is 9.12. The van der Waals surface area contributed by atoms with Crippen LogP contribution in [-0.2, 0) is 15.7 Å². The Balaban J connectivity index is 1.28. The number of pyridine rings is 1. The summed E-state index contributed by atoms with van der Waals surface area (Å²) in [7, 11) is 0. The van der Waals surface area contributed by atoms with Gasteiger partial charge in [0, 0.05) is 43.8 Å². The number of anilines is 1. The van der Waals surface area contributed by atoms with Crippen LogP contribution < -0.4 is 10.2 Å². The van der Waals surface area contributed by atoms with Gasteiger partial charge < -0.3 is 15.0 Å². The number of carbonyl (C=O) groups excluding carboxylic acids is 1. The highest BCUT2D eigenvalue weighted by atomic mass is 19.4. The molecule has 3 heterocycles. The Kier molecular flexibility index (Phi) is 4.54. The number of nitrogens with one attached hydrogen (secondary N) is 1. The predicted molar refractivity (Wildman–Crippen MR) is 88.6 cm³/mol. The molecule has 26 heavy (non-hydrogen) atoms. The molecule has 3 aliphatic rings. The van der Waals surface area contributed by atoms with Crippen molar-refractivity contribution in [2.45, 2.75) is 44.0 Å². The Bertz CT molecular complexity index is 657. The molecule has 2 saturated heterocycles. The standard InChI is InChI=1S/C18H22F3N3O2/c19-18(20,21)12-1-2-16(22-10-12)24-6-3-11(4-7-24)17(25)23-14-9-15-13(14)5-8-26-15/h1-2,10-11,13-15H,3-9H2,(H,23,25)/t13-,14+,15+/m0/s1. The number of hydrogen-bond acceptors (Lipinski definition) is 4. The monoisotopic (exact) mass is 369 g/mol. The van der Waals surface area contributed by atoms with Gasteiger partial charge in [-0.15, -0.1) is 0 Å². The maximum Gasteiger partial charge on any atom is 0.417 e. The molecule has 2 aliphatic heterocycles. The van der Waals surface area contributed by atoms with Gasteiger partial charge in [-0.1, -0.05) is 0 Å². The molecular weight excluding hydrogens is 347 g/mol. The van der Waals surface area contributed by atoms with Crippen molar-refractivity contribution in [3.63, 3.8) is 0 Å². The highest BCUT2D eigenvalue weighted by Gasteiger charge is 2.46. The Morgan fingerprint density at radius 2 is 2.00 bits per heavy atom. The maximum atomic E-state index is 12.6. The molecule has 1 saturated carbocycles. The second-order valence-corrected chi connectivity index (χ2v) is 7.38. The van der Waals surface area contributed by atoms with Crippen LogP contribution in [0, 0.1) is 11.8 Å². The van der Waals surface area contributed by atoms with Gasteiger partial charge in [0.2, 0.25) is 5.91 Å². The molecular formula is C18H22F3N3O2. The third kappa shape index (κ3) is 3.39. The molecule has 1 N–H and O–H groups in total. The van der Waals surface area contributed by atoms with E-state index in [2.05, 4.69) is 10.3 Å². The lowest BCUT2D eigenvalue weighted by Crippen LogP contribution is -2.55. The smallest absolute Gasteiger partial charge is 0.378 e. The summed E-state index contributed by atoms with van der Waals surface area (Å²) in [4.78, 5) is 18.4. The summed E-state index contributed by atoms with van der Waals surface area (Å²) >= 11 is 0. The number of carbonyl (C=O) groups is 1. The summed E-state index contributed by atoms with van der Waals surface area (Å²) in [6.07, 6.45) is 0.121. The van der Waals surface area contributed by atoms with E-state index in [9.17, 15) is 18.0 Å². The first-order chi connectivity index (χ1) is 12.4. The Labute approximate surface area is 149 Å². The fraction of sp³-hybridized carbons (Fsp3) is 0.667.